The number of ether oxygens (including phenoxy) is 1. The lowest BCUT2D eigenvalue weighted by Gasteiger charge is -2.18. The summed E-state index contributed by atoms with van der Waals surface area (Å²) in [6, 6.07) is 7.66. The maximum atomic E-state index is 12.1. The van der Waals surface area contributed by atoms with E-state index in [-0.39, 0.29) is 5.91 Å². The summed E-state index contributed by atoms with van der Waals surface area (Å²) in [6.45, 7) is 2.26. The van der Waals surface area contributed by atoms with Gasteiger partial charge in [-0.25, -0.2) is 0 Å². The van der Waals surface area contributed by atoms with Crippen molar-refractivity contribution in [1.82, 2.24) is 15.0 Å². The van der Waals surface area contributed by atoms with Crippen LogP contribution in [0.4, 0.5) is 0 Å². The number of carbonyl (C=O) groups is 1. The van der Waals surface area contributed by atoms with Gasteiger partial charge in [0.2, 0.25) is 11.8 Å². The van der Waals surface area contributed by atoms with Gasteiger partial charge in [0.1, 0.15) is 5.75 Å². The van der Waals surface area contributed by atoms with Gasteiger partial charge in [-0.3, -0.25) is 4.79 Å². The molecule has 21 heavy (non-hydrogen) atoms. The van der Waals surface area contributed by atoms with Crippen molar-refractivity contribution in [3.8, 4) is 5.75 Å². The van der Waals surface area contributed by atoms with Gasteiger partial charge in [-0.2, -0.15) is 4.98 Å². The number of para-hydroxylation sites is 1. The summed E-state index contributed by atoms with van der Waals surface area (Å²) in [6.07, 6.45) is 0.795. The van der Waals surface area contributed by atoms with Crippen LogP contribution >= 0.6 is 0 Å². The van der Waals surface area contributed by atoms with Crippen molar-refractivity contribution < 1.29 is 14.1 Å². The molecule has 0 aliphatic heterocycles. The van der Waals surface area contributed by atoms with E-state index in [0.29, 0.717) is 31.1 Å². The SMILES string of the molecule is COc1ccccc1CN(C)C(=O)CCc1nc(C)no1. The second-order valence-corrected chi connectivity index (χ2v) is 4.80. The van der Waals surface area contributed by atoms with Gasteiger partial charge >= 0.3 is 0 Å². The highest BCUT2D eigenvalue weighted by molar-refractivity contribution is 5.76. The van der Waals surface area contributed by atoms with Crippen LogP contribution in [0.1, 0.15) is 23.7 Å². The van der Waals surface area contributed by atoms with Crippen molar-refractivity contribution in [3.63, 3.8) is 0 Å². The van der Waals surface area contributed by atoms with Gasteiger partial charge in [0.05, 0.1) is 7.11 Å². The normalized spacial score (nSPS) is 10.4. The average molecular weight is 289 g/mol. The van der Waals surface area contributed by atoms with E-state index in [9.17, 15) is 4.79 Å². The van der Waals surface area contributed by atoms with Gasteiger partial charge in [0, 0.05) is 32.0 Å². The summed E-state index contributed by atoms with van der Waals surface area (Å²) < 4.78 is 10.3. The van der Waals surface area contributed by atoms with Gasteiger partial charge in [-0.1, -0.05) is 23.4 Å². The number of benzene rings is 1. The summed E-state index contributed by atoms with van der Waals surface area (Å²) in [4.78, 5) is 17.9. The second-order valence-electron chi connectivity index (χ2n) is 4.80. The van der Waals surface area contributed by atoms with E-state index >= 15 is 0 Å². The lowest BCUT2D eigenvalue weighted by Crippen LogP contribution is -2.26. The molecule has 112 valence electrons. The Morgan fingerprint density at radius 1 is 1.38 bits per heavy atom. The van der Waals surface area contributed by atoms with Crippen LogP contribution in [0.25, 0.3) is 0 Å². The number of methoxy groups -OCH3 is 1. The van der Waals surface area contributed by atoms with Crippen LogP contribution in [0.2, 0.25) is 0 Å². The quantitative estimate of drug-likeness (QED) is 0.813. The van der Waals surface area contributed by atoms with Crippen LogP contribution in [0.3, 0.4) is 0 Å². The van der Waals surface area contributed by atoms with E-state index in [1.807, 2.05) is 24.3 Å². The first-order chi connectivity index (χ1) is 10.1. The molecular formula is C15H19N3O3. The molecule has 1 aromatic carbocycles. The fraction of sp³-hybridized carbons (Fsp3) is 0.400. The third-order valence-electron chi connectivity index (χ3n) is 3.15. The third-order valence-corrected chi connectivity index (χ3v) is 3.15. The molecule has 1 amide bonds. The van der Waals surface area contributed by atoms with Crippen LogP contribution < -0.4 is 4.74 Å². The number of nitrogens with zero attached hydrogens (tertiary/aromatic N) is 3. The fourth-order valence-corrected chi connectivity index (χ4v) is 2.02. The van der Waals surface area contributed by atoms with Gasteiger partial charge in [0.15, 0.2) is 5.82 Å². The number of hydrogen-bond donors (Lipinski definition) is 0. The Morgan fingerprint density at radius 3 is 2.81 bits per heavy atom. The maximum Gasteiger partial charge on any atom is 0.227 e. The summed E-state index contributed by atoms with van der Waals surface area (Å²) in [5.74, 6) is 1.88. The van der Waals surface area contributed by atoms with Crippen molar-refractivity contribution >= 4 is 5.91 Å². The summed E-state index contributed by atoms with van der Waals surface area (Å²) in [5, 5.41) is 3.70. The van der Waals surface area contributed by atoms with Crippen LogP contribution in [-0.2, 0) is 17.8 Å². The Hall–Kier alpha value is -2.37. The van der Waals surface area contributed by atoms with Gasteiger partial charge in [-0.05, 0) is 13.0 Å². The van der Waals surface area contributed by atoms with Gasteiger partial charge in [-0.15, -0.1) is 0 Å². The number of aromatic nitrogens is 2. The fourth-order valence-electron chi connectivity index (χ4n) is 2.02. The zero-order valence-corrected chi connectivity index (χ0v) is 12.5. The van der Waals surface area contributed by atoms with E-state index in [0.717, 1.165) is 11.3 Å². The highest BCUT2D eigenvalue weighted by Gasteiger charge is 2.13. The molecule has 6 heteroatoms. The second kappa shape index (κ2) is 6.88. The molecule has 0 N–H and O–H groups in total. The molecule has 0 spiro atoms. The topological polar surface area (TPSA) is 68.5 Å². The summed E-state index contributed by atoms with van der Waals surface area (Å²) in [5.41, 5.74) is 0.976. The Bertz CT molecular complexity index is 610. The van der Waals surface area contributed by atoms with Crippen molar-refractivity contribution in [3.05, 3.63) is 41.5 Å². The lowest BCUT2D eigenvalue weighted by atomic mass is 10.2. The average Bonchev–Trinajstić information content (AvgIpc) is 2.91. The molecule has 2 rings (SSSR count). The molecule has 0 fully saturated rings. The molecule has 0 radical (unpaired) electrons. The zero-order valence-electron chi connectivity index (χ0n) is 12.5. The first kappa shape index (κ1) is 15.0. The number of carbonyl (C=O) groups excluding carboxylic acids is 1. The summed E-state index contributed by atoms with van der Waals surface area (Å²) >= 11 is 0. The first-order valence-corrected chi connectivity index (χ1v) is 6.75. The van der Waals surface area contributed by atoms with Crippen molar-refractivity contribution in [2.75, 3.05) is 14.2 Å². The monoisotopic (exact) mass is 289 g/mol. The highest BCUT2D eigenvalue weighted by atomic mass is 16.5. The molecule has 0 aliphatic carbocycles. The Morgan fingerprint density at radius 2 is 2.14 bits per heavy atom. The molecule has 0 unspecified atom stereocenters. The van der Waals surface area contributed by atoms with Crippen LogP contribution in [-0.4, -0.2) is 35.1 Å². The minimum Gasteiger partial charge on any atom is -0.496 e. The molecule has 0 saturated heterocycles. The van der Waals surface area contributed by atoms with E-state index < -0.39 is 0 Å². The first-order valence-electron chi connectivity index (χ1n) is 6.75. The minimum absolute atomic E-state index is 0.0248. The zero-order chi connectivity index (χ0) is 15.2. The van der Waals surface area contributed by atoms with Crippen LogP contribution in [0.15, 0.2) is 28.8 Å². The number of rotatable bonds is 6. The van der Waals surface area contributed by atoms with Crippen LogP contribution in [0.5, 0.6) is 5.75 Å². The van der Waals surface area contributed by atoms with E-state index in [1.54, 1.807) is 26.0 Å². The minimum atomic E-state index is 0.0248. The van der Waals surface area contributed by atoms with E-state index in [4.69, 9.17) is 9.26 Å². The molecule has 0 saturated carbocycles. The molecule has 0 atom stereocenters. The Balaban J connectivity index is 1.90. The molecular weight excluding hydrogens is 270 g/mol. The molecule has 1 aromatic heterocycles. The van der Waals surface area contributed by atoms with Crippen molar-refractivity contribution in [2.24, 2.45) is 0 Å². The predicted molar refractivity (Wildman–Crippen MR) is 76.8 cm³/mol. The van der Waals surface area contributed by atoms with Crippen molar-refractivity contribution in [1.29, 1.82) is 0 Å². The molecule has 0 bridgehead atoms. The standard InChI is InChI=1S/C15H19N3O3/c1-11-16-14(21-17-11)8-9-15(19)18(2)10-12-6-4-5-7-13(12)20-3/h4-7H,8-10H2,1-3H3. The third kappa shape index (κ3) is 4.05. The Labute approximate surface area is 123 Å². The maximum absolute atomic E-state index is 12.1. The van der Waals surface area contributed by atoms with E-state index in [2.05, 4.69) is 10.1 Å². The molecule has 6 nitrogen and oxygen atoms in total. The largest absolute Gasteiger partial charge is 0.496 e. The van der Waals surface area contributed by atoms with E-state index in [1.165, 1.54) is 0 Å². The smallest absolute Gasteiger partial charge is 0.227 e. The number of amides is 1. The lowest BCUT2D eigenvalue weighted by molar-refractivity contribution is -0.130. The predicted octanol–water partition coefficient (Wildman–Crippen LogP) is 1.98. The number of aryl methyl sites for hydroxylation is 2. The van der Waals surface area contributed by atoms with Gasteiger partial charge in [0.25, 0.3) is 0 Å². The number of hydrogen-bond acceptors (Lipinski definition) is 5. The Kier molecular flexibility index (Phi) is 4.92. The molecule has 1 heterocycles. The molecule has 0 aliphatic rings. The van der Waals surface area contributed by atoms with Gasteiger partial charge < -0.3 is 14.2 Å². The highest BCUT2D eigenvalue weighted by Crippen LogP contribution is 2.19. The van der Waals surface area contributed by atoms with Crippen molar-refractivity contribution in [2.45, 2.75) is 26.3 Å². The van der Waals surface area contributed by atoms with Crippen LogP contribution in [0, 0.1) is 6.92 Å². The molecule has 2 aromatic rings. The summed E-state index contributed by atoms with van der Waals surface area (Å²) in [7, 11) is 3.40.